The number of carbonyl (C=O) groups is 1. The number of aryl methyl sites for hydroxylation is 4. The Hall–Kier alpha value is -3.22. The molecule has 164 valence electrons. The van der Waals surface area contributed by atoms with Gasteiger partial charge in [-0.2, -0.15) is 0 Å². The molecule has 0 aliphatic carbocycles. The van der Waals surface area contributed by atoms with Crippen LogP contribution >= 0.6 is 0 Å². The first-order valence-electron chi connectivity index (χ1n) is 11.1. The fourth-order valence-electron chi connectivity index (χ4n) is 4.61. The lowest BCUT2D eigenvalue weighted by atomic mass is 10.1. The van der Waals surface area contributed by atoms with Crippen molar-refractivity contribution in [2.24, 2.45) is 0 Å². The Bertz CT molecular complexity index is 1160. The number of imidazole rings is 1. The molecular formula is C24H31N5O2. The molecule has 3 aromatic rings. The van der Waals surface area contributed by atoms with Gasteiger partial charge in [0, 0.05) is 31.9 Å². The number of urea groups is 1. The number of carbonyl (C=O) groups excluding carboxylic acids is 1. The van der Waals surface area contributed by atoms with Crippen LogP contribution in [0.3, 0.4) is 0 Å². The van der Waals surface area contributed by atoms with Gasteiger partial charge in [-0.1, -0.05) is 6.07 Å². The zero-order valence-corrected chi connectivity index (χ0v) is 18.8. The van der Waals surface area contributed by atoms with Crippen molar-refractivity contribution < 1.29 is 4.79 Å². The van der Waals surface area contributed by atoms with E-state index in [2.05, 4.69) is 27.7 Å². The first-order chi connectivity index (χ1) is 14.9. The molecular weight excluding hydrogens is 390 g/mol. The minimum Gasteiger partial charge on any atom is -0.370 e. The average Bonchev–Trinajstić information content (AvgIpc) is 3.32. The predicted octanol–water partition coefficient (Wildman–Crippen LogP) is 4.70. The van der Waals surface area contributed by atoms with Gasteiger partial charge in [-0.25, -0.2) is 9.59 Å². The average molecular weight is 422 g/mol. The zero-order chi connectivity index (χ0) is 22.1. The first kappa shape index (κ1) is 21.0. The van der Waals surface area contributed by atoms with Crippen LogP contribution in [0.5, 0.6) is 0 Å². The molecule has 2 aromatic carbocycles. The van der Waals surface area contributed by atoms with Gasteiger partial charge in [-0.05, 0) is 75.9 Å². The van der Waals surface area contributed by atoms with Crippen molar-refractivity contribution in [3.8, 4) is 0 Å². The molecule has 2 heterocycles. The smallest absolute Gasteiger partial charge is 0.329 e. The Morgan fingerprint density at radius 2 is 1.45 bits per heavy atom. The summed E-state index contributed by atoms with van der Waals surface area (Å²) in [6.45, 7) is 11.1. The van der Waals surface area contributed by atoms with Crippen LogP contribution in [0.4, 0.5) is 21.9 Å². The number of benzene rings is 2. The Morgan fingerprint density at radius 3 is 2.03 bits per heavy atom. The number of nitrogens with zero attached hydrogens (tertiary/aromatic N) is 3. The summed E-state index contributed by atoms with van der Waals surface area (Å²) in [5, 5.41) is 6.00. The summed E-state index contributed by atoms with van der Waals surface area (Å²) in [6, 6.07) is 9.70. The normalized spacial score (nSPS) is 13.7. The number of nitrogens with one attached hydrogen (secondary N) is 2. The highest BCUT2D eigenvalue weighted by molar-refractivity contribution is 6.04. The second-order valence-electron chi connectivity index (χ2n) is 8.28. The van der Waals surface area contributed by atoms with Crippen molar-refractivity contribution in [3.63, 3.8) is 0 Å². The van der Waals surface area contributed by atoms with Gasteiger partial charge in [0.15, 0.2) is 0 Å². The third kappa shape index (κ3) is 4.04. The Balaban J connectivity index is 1.75. The lowest BCUT2D eigenvalue weighted by Crippen LogP contribution is -2.24. The van der Waals surface area contributed by atoms with E-state index < -0.39 is 0 Å². The maximum Gasteiger partial charge on any atom is 0.329 e. The van der Waals surface area contributed by atoms with Crippen molar-refractivity contribution >= 4 is 34.1 Å². The molecule has 1 saturated heterocycles. The van der Waals surface area contributed by atoms with E-state index in [0.29, 0.717) is 13.1 Å². The quantitative estimate of drug-likeness (QED) is 0.627. The van der Waals surface area contributed by atoms with Crippen LogP contribution in [0.25, 0.3) is 11.0 Å². The molecule has 0 radical (unpaired) electrons. The first-order valence-corrected chi connectivity index (χ1v) is 11.1. The Kier molecular flexibility index (Phi) is 5.76. The second kappa shape index (κ2) is 8.49. The summed E-state index contributed by atoms with van der Waals surface area (Å²) in [4.78, 5) is 28.0. The van der Waals surface area contributed by atoms with E-state index >= 15 is 0 Å². The summed E-state index contributed by atoms with van der Waals surface area (Å²) < 4.78 is 3.57. The van der Waals surface area contributed by atoms with Crippen molar-refractivity contribution in [1.82, 2.24) is 9.13 Å². The number of rotatable bonds is 5. The highest BCUT2D eigenvalue weighted by atomic mass is 16.2. The van der Waals surface area contributed by atoms with Gasteiger partial charge in [-0.3, -0.25) is 9.13 Å². The standard InChI is InChI=1S/C24H31N5O2/c1-5-28-21-14-19(26-23(30)25-18-12-16(3)11-17(4)13-18)20(27-9-7-8-10-27)15-22(21)29(6-2)24(28)31/h11-15H,5-10H2,1-4H3,(H2,25,26,30). The highest BCUT2D eigenvalue weighted by Gasteiger charge is 2.21. The second-order valence-corrected chi connectivity index (χ2v) is 8.28. The molecule has 2 N–H and O–H groups in total. The third-order valence-electron chi connectivity index (χ3n) is 5.94. The number of hydrogen-bond acceptors (Lipinski definition) is 3. The zero-order valence-electron chi connectivity index (χ0n) is 18.8. The van der Waals surface area contributed by atoms with Crippen LogP contribution in [0.1, 0.15) is 37.8 Å². The summed E-state index contributed by atoms with van der Waals surface area (Å²) in [7, 11) is 0. The number of fused-ring (bicyclic) bond motifs is 1. The van der Waals surface area contributed by atoms with E-state index in [1.165, 1.54) is 0 Å². The Labute approximate surface area is 182 Å². The monoisotopic (exact) mass is 421 g/mol. The van der Waals surface area contributed by atoms with Crippen molar-refractivity contribution in [2.75, 3.05) is 28.6 Å². The van der Waals surface area contributed by atoms with Gasteiger partial charge in [0.25, 0.3) is 0 Å². The van der Waals surface area contributed by atoms with Crippen LogP contribution in [0.15, 0.2) is 35.1 Å². The maximum absolute atomic E-state index is 12.9. The number of hydrogen-bond donors (Lipinski definition) is 2. The van der Waals surface area contributed by atoms with Crippen molar-refractivity contribution in [1.29, 1.82) is 0 Å². The molecule has 0 saturated carbocycles. The van der Waals surface area contributed by atoms with Gasteiger partial charge in [0.05, 0.1) is 22.4 Å². The van der Waals surface area contributed by atoms with Gasteiger partial charge < -0.3 is 15.5 Å². The van der Waals surface area contributed by atoms with E-state index in [-0.39, 0.29) is 11.7 Å². The van der Waals surface area contributed by atoms with Gasteiger partial charge in [0.2, 0.25) is 0 Å². The summed E-state index contributed by atoms with van der Waals surface area (Å²) in [5.74, 6) is 0. The summed E-state index contributed by atoms with van der Waals surface area (Å²) in [5.41, 5.74) is 6.41. The number of anilines is 3. The van der Waals surface area contributed by atoms with E-state index in [0.717, 1.165) is 65.2 Å². The molecule has 7 heteroatoms. The molecule has 4 rings (SSSR count). The van der Waals surface area contributed by atoms with E-state index in [9.17, 15) is 9.59 Å². The van der Waals surface area contributed by atoms with Crippen LogP contribution in [0, 0.1) is 13.8 Å². The summed E-state index contributed by atoms with van der Waals surface area (Å²) in [6.07, 6.45) is 2.26. The molecule has 0 unspecified atom stereocenters. The molecule has 2 amide bonds. The Morgan fingerprint density at radius 1 is 0.871 bits per heavy atom. The van der Waals surface area contributed by atoms with Crippen LogP contribution < -0.4 is 21.2 Å². The van der Waals surface area contributed by atoms with Crippen LogP contribution in [-0.4, -0.2) is 28.3 Å². The molecule has 7 nitrogen and oxygen atoms in total. The minimum atomic E-state index is -0.287. The fraction of sp³-hybridized carbons (Fsp3) is 0.417. The molecule has 0 bridgehead atoms. The third-order valence-corrected chi connectivity index (χ3v) is 5.94. The largest absolute Gasteiger partial charge is 0.370 e. The molecule has 0 spiro atoms. The molecule has 1 aromatic heterocycles. The maximum atomic E-state index is 12.9. The lowest BCUT2D eigenvalue weighted by molar-refractivity contribution is 0.262. The lowest BCUT2D eigenvalue weighted by Gasteiger charge is -2.22. The molecule has 1 fully saturated rings. The SMILES string of the molecule is CCn1c(=O)n(CC)c2cc(N3CCCC3)c(NC(=O)Nc3cc(C)cc(C)c3)cc21. The van der Waals surface area contributed by atoms with Crippen molar-refractivity contribution in [3.05, 3.63) is 51.9 Å². The minimum absolute atomic E-state index is 0.00999. The van der Waals surface area contributed by atoms with Crippen LogP contribution in [0.2, 0.25) is 0 Å². The van der Waals surface area contributed by atoms with Gasteiger partial charge in [0.1, 0.15) is 0 Å². The number of amides is 2. The van der Waals surface area contributed by atoms with Gasteiger partial charge in [-0.15, -0.1) is 0 Å². The molecule has 0 atom stereocenters. The van der Waals surface area contributed by atoms with E-state index in [4.69, 9.17) is 0 Å². The van der Waals surface area contributed by atoms with Crippen molar-refractivity contribution in [2.45, 2.75) is 53.6 Å². The molecule has 1 aliphatic rings. The predicted molar refractivity (Wildman–Crippen MR) is 128 cm³/mol. The molecule has 31 heavy (non-hydrogen) atoms. The van der Waals surface area contributed by atoms with Gasteiger partial charge >= 0.3 is 11.7 Å². The fourth-order valence-corrected chi connectivity index (χ4v) is 4.61. The molecule has 1 aliphatic heterocycles. The van der Waals surface area contributed by atoms with E-state index in [1.807, 2.05) is 45.9 Å². The van der Waals surface area contributed by atoms with E-state index in [1.54, 1.807) is 9.13 Å². The highest BCUT2D eigenvalue weighted by Crippen LogP contribution is 2.33. The number of aromatic nitrogens is 2. The summed E-state index contributed by atoms with van der Waals surface area (Å²) >= 11 is 0. The topological polar surface area (TPSA) is 71.3 Å². The van der Waals surface area contributed by atoms with Crippen LogP contribution in [-0.2, 0) is 13.1 Å².